The van der Waals surface area contributed by atoms with Crippen LogP contribution in [0.4, 0.5) is 5.82 Å². The molecule has 1 saturated carbocycles. The molecule has 1 aromatic carbocycles. The SMILES string of the molecule is Cn1ccc(NC(=O)[C@@](C)(c2ccc(Cl)c(Cl)c2)C2CCCC2)n1. The molecular weight excluding hydrogens is 345 g/mol. The van der Waals surface area contributed by atoms with Gasteiger partial charge in [-0.25, -0.2) is 0 Å². The topological polar surface area (TPSA) is 46.9 Å². The van der Waals surface area contributed by atoms with Crippen molar-refractivity contribution in [3.05, 3.63) is 46.1 Å². The van der Waals surface area contributed by atoms with Gasteiger partial charge in [0.15, 0.2) is 5.82 Å². The second-order valence-electron chi connectivity index (χ2n) is 6.64. The maximum atomic E-state index is 13.2. The summed E-state index contributed by atoms with van der Waals surface area (Å²) < 4.78 is 1.67. The molecule has 1 aliphatic carbocycles. The second kappa shape index (κ2) is 6.77. The molecule has 0 spiro atoms. The summed E-state index contributed by atoms with van der Waals surface area (Å²) in [7, 11) is 1.82. The van der Waals surface area contributed by atoms with Crippen molar-refractivity contribution < 1.29 is 4.79 Å². The quantitative estimate of drug-likeness (QED) is 0.844. The minimum absolute atomic E-state index is 0.0495. The highest BCUT2D eigenvalue weighted by Crippen LogP contribution is 2.44. The van der Waals surface area contributed by atoms with Gasteiger partial charge in [0.05, 0.1) is 15.5 Å². The maximum absolute atomic E-state index is 13.2. The van der Waals surface area contributed by atoms with Crippen LogP contribution in [0.1, 0.15) is 38.2 Å². The van der Waals surface area contributed by atoms with E-state index >= 15 is 0 Å². The third kappa shape index (κ3) is 3.17. The molecule has 1 aliphatic rings. The van der Waals surface area contributed by atoms with Gasteiger partial charge in [-0.3, -0.25) is 9.48 Å². The number of hydrogen-bond acceptors (Lipinski definition) is 2. The van der Waals surface area contributed by atoms with Crippen molar-refractivity contribution in [1.82, 2.24) is 9.78 Å². The van der Waals surface area contributed by atoms with Crippen LogP contribution in [0.3, 0.4) is 0 Å². The van der Waals surface area contributed by atoms with Crippen LogP contribution < -0.4 is 5.32 Å². The van der Waals surface area contributed by atoms with Crippen LogP contribution >= 0.6 is 23.2 Å². The minimum Gasteiger partial charge on any atom is -0.308 e. The van der Waals surface area contributed by atoms with Gasteiger partial charge in [0, 0.05) is 19.3 Å². The maximum Gasteiger partial charge on any atom is 0.236 e. The fourth-order valence-electron chi connectivity index (χ4n) is 3.60. The molecule has 1 aromatic heterocycles. The zero-order valence-electron chi connectivity index (χ0n) is 13.9. The van der Waals surface area contributed by atoms with Gasteiger partial charge >= 0.3 is 0 Å². The van der Waals surface area contributed by atoms with Crippen molar-refractivity contribution >= 4 is 34.9 Å². The number of aromatic nitrogens is 2. The lowest BCUT2D eigenvalue weighted by atomic mass is 9.70. The lowest BCUT2D eigenvalue weighted by Crippen LogP contribution is -2.43. The summed E-state index contributed by atoms with van der Waals surface area (Å²) in [4.78, 5) is 13.2. The van der Waals surface area contributed by atoms with E-state index in [0.717, 1.165) is 31.2 Å². The minimum atomic E-state index is -0.664. The number of hydrogen-bond donors (Lipinski definition) is 1. The Morgan fingerprint density at radius 1 is 1.25 bits per heavy atom. The zero-order chi connectivity index (χ0) is 17.3. The van der Waals surface area contributed by atoms with E-state index in [1.165, 1.54) is 0 Å². The van der Waals surface area contributed by atoms with Gasteiger partial charge in [-0.05, 0) is 43.4 Å². The van der Waals surface area contributed by atoms with Gasteiger partial charge in [-0.2, -0.15) is 5.10 Å². The molecule has 3 rings (SSSR count). The van der Waals surface area contributed by atoms with Gasteiger partial charge in [0.25, 0.3) is 0 Å². The van der Waals surface area contributed by atoms with Gasteiger partial charge in [0.1, 0.15) is 0 Å². The molecule has 1 amide bonds. The molecule has 0 unspecified atom stereocenters. The molecule has 1 heterocycles. The zero-order valence-corrected chi connectivity index (χ0v) is 15.4. The molecule has 24 heavy (non-hydrogen) atoms. The Morgan fingerprint density at radius 2 is 1.96 bits per heavy atom. The molecule has 4 nitrogen and oxygen atoms in total. The highest BCUT2D eigenvalue weighted by atomic mass is 35.5. The van der Waals surface area contributed by atoms with Crippen LogP contribution in [-0.4, -0.2) is 15.7 Å². The Morgan fingerprint density at radius 3 is 2.54 bits per heavy atom. The van der Waals surface area contributed by atoms with Crippen LogP contribution in [0.25, 0.3) is 0 Å². The van der Waals surface area contributed by atoms with Crippen molar-refractivity contribution in [3.63, 3.8) is 0 Å². The lowest BCUT2D eigenvalue weighted by molar-refractivity contribution is -0.122. The molecule has 1 fully saturated rings. The number of anilines is 1. The Balaban J connectivity index is 1.97. The molecule has 128 valence electrons. The number of halogens is 2. The molecule has 0 saturated heterocycles. The monoisotopic (exact) mass is 365 g/mol. The first-order valence-corrected chi connectivity index (χ1v) is 8.93. The summed E-state index contributed by atoms with van der Waals surface area (Å²) in [6, 6.07) is 7.28. The highest BCUT2D eigenvalue weighted by molar-refractivity contribution is 6.42. The van der Waals surface area contributed by atoms with Crippen molar-refractivity contribution in [3.8, 4) is 0 Å². The summed E-state index contributed by atoms with van der Waals surface area (Å²) in [6.07, 6.45) is 6.18. The number of nitrogens with one attached hydrogen (secondary N) is 1. The highest BCUT2D eigenvalue weighted by Gasteiger charge is 2.44. The first-order valence-electron chi connectivity index (χ1n) is 8.18. The van der Waals surface area contributed by atoms with Crippen LogP contribution in [0.5, 0.6) is 0 Å². The fourth-order valence-corrected chi connectivity index (χ4v) is 3.90. The molecular formula is C18H21Cl2N3O. The van der Waals surface area contributed by atoms with Crippen LogP contribution in [0.15, 0.2) is 30.5 Å². The lowest BCUT2D eigenvalue weighted by Gasteiger charge is -2.34. The Bertz CT molecular complexity index is 752. The summed E-state index contributed by atoms with van der Waals surface area (Å²) in [5.41, 5.74) is 0.236. The third-order valence-electron chi connectivity index (χ3n) is 5.12. The average Bonchev–Trinajstić information content (AvgIpc) is 3.21. The van der Waals surface area contributed by atoms with E-state index < -0.39 is 5.41 Å². The third-order valence-corrected chi connectivity index (χ3v) is 5.86. The summed E-state index contributed by atoms with van der Waals surface area (Å²) >= 11 is 12.3. The number of benzene rings is 1. The summed E-state index contributed by atoms with van der Waals surface area (Å²) in [5.74, 6) is 0.789. The van der Waals surface area contributed by atoms with Gasteiger partial charge in [0.2, 0.25) is 5.91 Å². The van der Waals surface area contributed by atoms with Crippen molar-refractivity contribution in [1.29, 1.82) is 0 Å². The summed E-state index contributed by atoms with van der Waals surface area (Å²) in [6.45, 7) is 2.00. The first-order chi connectivity index (χ1) is 11.4. The summed E-state index contributed by atoms with van der Waals surface area (Å²) in [5, 5.41) is 8.19. The number of nitrogens with zero attached hydrogens (tertiary/aromatic N) is 2. The predicted octanol–water partition coefficient (Wildman–Crippen LogP) is 4.81. The normalized spacial score (nSPS) is 17.7. The number of carbonyl (C=O) groups is 1. The molecule has 2 aromatic rings. The van der Waals surface area contributed by atoms with E-state index in [0.29, 0.717) is 15.9 Å². The standard InChI is InChI=1S/C18H21Cl2N3O/c1-18(12-5-3-4-6-12,13-7-8-14(19)15(20)11-13)17(24)21-16-9-10-23(2)22-16/h7-12H,3-6H2,1-2H3,(H,21,22,24)/t18-/m1/s1. The second-order valence-corrected chi connectivity index (χ2v) is 7.46. The Hall–Kier alpha value is -1.52. The predicted molar refractivity (Wildman–Crippen MR) is 97.6 cm³/mol. The first kappa shape index (κ1) is 17.3. The molecule has 0 aliphatic heterocycles. The molecule has 0 radical (unpaired) electrons. The van der Waals surface area contributed by atoms with Crippen molar-refractivity contribution in [2.75, 3.05) is 5.32 Å². The molecule has 0 bridgehead atoms. The van der Waals surface area contributed by atoms with Gasteiger partial charge < -0.3 is 5.32 Å². The Kier molecular flexibility index (Phi) is 4.88. The fraction of sp³-hybridized carbons (Fsp3) is 0.444. The largest absolute Gasteiger partial charge is 0.308 e. The average molecular weight is 366 g/mol. The smallest absolute Gasteiger partial charge is 0.236 e. The number of carbonyl (C=O) groups excluding carboxylic acids is 1. The molecule has 1 N–H and O–H groups in total. The molecule has 6 heteroatoms. The van der Waals surface area contributed by atoms with Crippen LogP contribution in [-0.2, 0) is 17.3 Å². The van der Waals surface area contributed by atoms with E-state index in [4.69, 9.17) is 23.2 Å². The number of aryl methyl sites for hydroxylation is 1. The van der Waals surface area contributed by atoms with E-state index in [1.54, 1.807) is 16.8 Å². The van der Waals surface area contributed by atoms with E-state index in [1.807, 2.05) is 32.3 Å². The number of amides is 1. The number of rotatable bonds is 4. The van der Waals surface area contributed by atoms with E-state index in [9.17, 15) is 4.79 Å². The van der Waals surface area contributed by atoms with Crippen molar-refractivity contribution in [2.45, 2.75) is 38.0 Å². The van der Waals surface area contributed by atoms with Gasteiger partial charge in [-0.15, -0.1) is 0 Å². The van der Waals surface area contributed by atoms with E-state index in [2.05, 4.69) is 10.4 Å². The van der Waals surface area contributed by atoms with E-state index in [-0.39, 0.29) is 11.8 Å². The Labute approximate surface area is 152 Å². The van der Waals surface area contributed by atoms with Crippen LogP contribution in [0.2, 0.25) is 10.0 Å². The molecule has 1 atom stereocenters. The van der Waals surface area contributed by atoms with Gasteiger partial charge in [-0.1, -0.05) is 42.1 Å². The van der Waals surface area contributed by atoms with Crippen LogP contribution in [0, 0.1) is 5.92 Å². The van der Waals surface area contributed by atoms with Crippen molar-refractivity contribution in [2.24, 2.45) is 13.0 Å².